The summed E-state index contributed by atoms with van der Waals surface area (Å²) in [6, 6.07) is 6.25. The third-order valence-electron chi connectivity index (χ3n) is 2.60. The summed E-state index contributed by atoms with van der Waals surface area (Å²) < 4.78 is 18.6. The van der Waals surface area contributed by atoms with Crippen molar-refractivity contribution < 1.29 is 19.0 Å². The summed E-state index contributed by atoms with van der Waals surface area (Å²) in [5.41, 5.74) is 1.57. The Bertz CT molecular complexity index is 646. The van der Waals surface area contributed by atoms with Crippen molar-refractivity contribution in [2.75, 3.05) is 0 Å². The van der Waals surface area contributed by atoms with Crippen LogP contribution in [0.3, 0.4) is 0 Å². The molecule has 0 radical (unpaired) electrons. The minimum Gasteiger partial charge on any atom is -0.488 e. The highest BCUT2D eigenvalue weighted by molar-refractivity contribution is 7.10. The van der Waals surface area contributed by atoms with Crippen molar-refractivity contribution in [2.45, 2.75) is 13.5 Å². The molecule has 0 unspecified atom stereocenters. The Kier molecular flexibility index (Phi) is 4.53. The maximum atomic E-state index is 13.0. The van der Waals surface area contributed by atoms with Crippen LogP contribution in [0.2, 0.25) is 0 Å². The van der Waals surface area contributed by atoms with E-state index in [2.05, 4.69) is 0 Å². The van der Waals surface area contributed by atoms with Crippen LogP contribution in [0.4, 0.5) is 4.39 Å². The van der Waals surface area contributed by atoms with E-state index in [0.29, 0.717) is 12.4 Å². The van der Waals surface area contributed by atoms with Crippen molar-refractivity contribution >= 4 is 23.4 Å². The van der Waals surface area contributed by atoms with Crippen molar-refractivity contribution in [3.8, 4) is 5.75 Å². The molecule has 104 valence electrons. The first-order valence-electron chi connectivity index (χ1n) is 5.92. The number of carbonyl (C=O) groups is 1. The van der Waals surface area contributed by atoms with Gasteiger partial charge in [-0.05, 0) is 53.8 Å². The molecule has 0 saturated carbocycles. The second-order valence-corrected chi connectivity index (χ2v) is 5.21. The molecule has 20 heavy (non-hydrogen) atoms. The van der Waals surface area contributed by atoms with Gasteiger partial charge in [-0.1, -0.05) is 0 Å². The summed E-state index contributed by atoms with van der Waals surface area (Å²) in [5, 5.41) is 10.4. The number of thiophene rings is 1. The third kappa shape index (κ3) is 3.93. The number of benzene rings is 1. The Morgan fingerprint density at radius 1 is 1.45 bits per heavy atom. The Balaban J connectivity index is 1.99. The highest BCUT2D eigenvalue weighted by Gasteiger charge is 2.03. The molecule has 3 nitrogen and oxygen atoms in total. The highest BCUT2D eigenvalue weighted by Crippen LogP contribution is 2.22. The van der Waals surface area contributed by atoms with E-state index >= 15 is 0 Å². The molecule has 1 N–H and O–H groups in total. The Labute approximate surface area is 119 Å². The number of aliphatic carboxylic acids is 1. The third-order valence-corrected chi connectivity index (χ3v) is 3.53. The molecular weight excluding hydrogens is 279 g/mol. The zero-order chi connectivity index (χ0) is 14.5. The molecule has 5 heteroatoms. The van der Waals surface area contributed by atoms with Gasteiger partial charge in [0.25, 0.3) is 0 Å². The molecule has 0 fully saturated rings. The topological polar surface area (TPSA) is 46.5 Å². The minimum atomic E-state index is -0.976. The summed E-state index contributed by atoms with van der Waals surface area (Å²) in [6.07, 6.45) is 2.63. The van der Waals surface area contributed by atoms with E-state index in [1.54, 1.807) is 13.0 Å². The van der Waals surface area contributed by atoms with E-state index in [1.165, 1.54) is 29.5 Å². The van der Waals surface area contributed by atoms with Crippen LogP contribution >= 0.6 is 11.3 Å². The van der Waals surface area contributed by atoms with Gasteiger partial charge in [-0.15, -0.1) is 11.3 Å². The second kappa shape index (κ2) is 6.34. The predicted molar refractivity (Wildman–Crippen MR) is 76.5 cm³/mol. The van der Waals surface area contributed by atoms with Crippen LogP contribution in [-0.4, -0.2) is 11.1 Å². The number of ether oxygens (including phenoxy) is 1. The predicted octanol–water partition coefficient (Wildman–Crippen LogP) is 3.87. The Morgan fingerprint density at radius 2 is 2.25 bits per heavy atom. The van der Waals surface area contributed by atoms with Gasteiger partial charge in [0.15, 0.2) is 0 Å². The number of carboxylic acid groups (broad SMARTS) is 1. The Hall–Kier alpha value is -2.14. The summed E-state index contributed by atoms with van der Waals surface area (Å²) in [4.78, 5) is 11.4. The normalized spacial score (nSPS) is 10.9. The standard InChI is InChI=1S/C15H13FO3S/c1-10-6-12(16)3-4-14(10)19-8-13-7-11(9-20-13)2-5-15(17)18/h2-7,9H,8H2,1H3,(H,17,18)/b5-2+. The summed E-state index contributed by atoms with van der Waals surface area (Å²) in [5.74, 6) is -0.620. The molecule has 1 heterocycles. The fourth-order valence-electron chi connectivity index (χ4n) is 1.65. The van der Waals surface area contributed by atoms with E-state index in [1.807, 2.05) is 11.4 Å². The van der Waals surface area contributed by atoms with Crippen molar-refractivity contribution in [1.29, 1.82) is 0 Å². The van der Waals surface area contributed by atoms with Crippen molar-refractivity contribution in [1.82, 2.24) is 0 Å². The van der Waals surface area contributed by atoms with Crippen molar-refractivity contribution in [3.63, 3.8) is 0 Å². The SMILES string of the molecule is Cc1cc(F)ccc1OCc1cc(/C=C/C(=O)O)cs1. The van der Waals surface area contributed by atoms with E-state index in [-0.39, 0.29) is 5.82 Å². The zero-order valence-electron chi connectivity index (χ0n) is 10.8. The lowest BCUT2D eigenvalue weighted by Gasteiger charge is -2.07. The van der Waals surface area contributed by atoms with E-state index < -0.39 is 5.97 Å². The minimum absolute atomic E-state index is 0.285. The first-order chi connectivity index (χ1) is 9.54. The fourth-order valence-corrected chi connectivity index (χ4v) is 2.42. The van der Waals surface area contributed by atoms with Gasteiger partial charge in [-0.25, -0.2) is 9.18 Å². The highest BCUT2D eigenvalue weighted by atomic mass is 32.1. The lowest BCUT2D eigenvalue weighted by Crippen LogP contribution is -1.95. The smallest absolute Gasteiger partial charge is 0.328 e. The molecule has 0 atom stereocenters. The van der Waals surface area contributed by atoms with Crippen LogP contribution in [0, 0.1) is 12.7 Å². The van der Waals surface area contributed by atoms with E-state index in [9.17, 15) is 9.18 Å². The van der Waals surface area contributed by atoms with Gasteiger partial charge in [0.05, 0.1) is 0 Å². The lowest BCUT2D eigenvalue weighted by molar-refractivity contribution is -0.131. The summed E-state index contributed by atoms with van der Waals surface area (Å²) in [6.45, 7) is 2.16. The van der Waals surface area contributed by atoms with E-state index in [4.69, 9.17) is 9.84 Å². The number of aryl methyl sites for hydroxylation is 1. The molecule has 0 saturated heterocycles. The molecule has 1 aromatic heterocycles. The first-order valence-corrected chi connectivity index (χ1v) is 6.80. The number of carboxylic acids is 1. The lowest BCUT2D eigenvalue weighted by atomic mass is 10.2. The molecule has 2 rings (SSSR count). The van der Waals surface area contributed by atoms with Gasteiger partial charge in [0.2, 0.25) is 0 Å². The summed E-state index contributed by atoms with van der Waals surface area (Å²) in [7, 11) is 0. The Morgan fingerprint density at radius 3 is 2.95 bits per heavy atom. The first kappa shape index (κ1) is 14.3. The quantitative estimate of drug-likeness (QED) is 0.851. The van der Waals surface area contributed by atoms with E-state index in [0.717, 1.165) is 22.1 Å². The number of rotatable bonds is 5. The monoisotopic (exact) mass is 292 g/mol. The van der Waals surface area contributed by atoms with Crippen LogP contribution in [0.5, 0.6) is 5.75 Å². The molecule has 0 aliphatic carbocycles. The second-order valence-electron chi connectivity index (χ2n) is 4.22. The molecule has 0 spiro atoms. The maximum absolute atomic E-state index is 13.0. The van der Waals surface area contributed by atoms with Crippen LogP contribution in [-0.2, 0) is 11.4 Å². The molecule has 0 bridgehead atoms. The molecule has 0 aliphatic rings. The van der Waals surface area contributed by atoms with Gasteiger partial charge in [-0.3, -0.25) is 0 Å². The van der Waals surface area contributed by atoms with Crippen LogP contribution < -0.4 is 4.74 Å². The fraction of sp³-hybridized carbons (Fsp3) is 0.133. The number of hydrogen-bond donors (Lipinski definition) is 1. The van der Waals surface area contributed by atoms with Gasteiger partial charge in [-0.2, -0.15) is 0 Å². The van der Waals surface area contributed by atoms with Gasteiger partial charge >= 0.3 is 5.97 Å². The zero-order valence-corrected chi connectivity index (χ0v) is 11.6. The molecule has 0 amide bonds. The van der Waals surface area contributed by atoms with Gasteiger partial charge < -0.3 is 9.84 Å². The molecular formula is C15H13FO3S. The van der Waals surface area contributed by atoms with Crippen LogP contribution in [0.15, 0.2) is 35.7 Å². The number of hydrogen-bond acceptors (Lipinski definition) is 3. The number of halogens is 1. The van der Waals surface area contributed by atoms with Crippen molar-refractivity contribution in [3.05, 3.63) is 57.5 Å². The van der Waals surface area contributed by atoms with Crippen LogP contribution in [0.25, 0.3) is 6.08 Å². The molecule has 2 aromatic rings. The average molecular weight is 292 g/mol. The maximum Gasteiger partial charge on any atom is 0.328 e. The van der Waals surface area contributed by atoms with Crippen LogP contribution in [0.1, 0.15) is 16.0 Å². The largest absolute Gasteiger partial charge is 0.488 e. The van der Waals surface area contributed by atoms with Crippen molar-refractivity contribution in [2.24, 2.45) is 0 Å². The molecule has 0 aliphatic heterocycles. The summed E-state index contributed by atoms with van der Waals surface area (Å²) >= 11 is 1.49. The van der Waals surface area contributed by atoms with Gasteiger partial charge in [0.1, 0.15) is 18.2 Å². The average Bonchev–Trinajstić information content (AvgIpc) is 2.83. The van der Waals surface area contributed by atoms with Gasteiger partial charge in [0, 0.05) is 11.0 Å². The molecule has 1 aromatic carbocycles.